The predicted molar refractivity (Wildman–Crippen MR) is 465 cm³/mol. The second-order valence-corrected chi connectivity index (χ2v) is 40.3. The molecule has 0 amide bonds. The summed E-state index contributed by atoms with van der Waals surface area (Å²) < 4.78 is 187. The molecule has 4 fully saturated rings. The van der Waals surface area contributed by atoms with Crippen LogP contribution in [0.4, 0.5) is 22.0 Å². The lowest BCUT2D eigenvalue weighted by Gasteiger charge is -2.21. The number of aryl methyl sites for hydroxylation is 1. The van der Waals surface area contributed by atoms with Gasteiger partial charge in [-0.1, -0.05) is 48.5 Å². The molecule has 37 heteroatoms. The van der Waals surface area contributed by atoms with Gasteiger partial charge in [-0.2, -0.15) is 58.0 Å². The molecule has 8 aromatic carbocycles. The van der Waals surface area contributed by atoms with Crippen LogP contribution < -0.4 is 0 Å². The van der Waals surface area contributed by atoms with E-state index in [1.807, 2.05) is 137 Å². The van der Waals surface area contributed by atoms with Crippen LogP contribution in [0.3, 0.4) is 0 Å². The number of sulfonamides is 4. The van der Waals surface area contributed by atoms with Crippen molar-refractivity contribution >= 4 is 83.7 Å². The maximum Gasteiger partial charge on any atom is 0.246 e. The van der Waals surface area contributed by atoms with Gasteiger partial charge in [-0.3, -0.25) is 39.1 Å². The summed E-state index contributed by atoms with van der Waals surface area (Å²) in [6.07, 6.45) is 24.5. The minimum Gasteiger partial charge on any atom is -0.285 e. The summed E-state index contributed by atoms with van der Waals surface area (Å²) in [5, 5.41) is 49.4. The summed E-state index contributed by atoms with van der Waals surface area (Å²) in [5.41, 5.74) is 12.5. The number of hydrogen-bond acceptors (Lipinski definition) is 16. The lowest BCUT2D eigenvalue weighted by atomic mass is 10.1. The Morgan fingerprint density at radius 2 is 0.651 bits per heavy atom. The van der Waals surface area contributed by atoms with Crippen molar-refractivity contribution in [3.63, 3.8) is 0 Å². The van der Waals surface area contributed by atoms with E-state index in [-0.39, 0.29) is 69.1 Å². The summed E-state index contributed by atoms with van der Waals surface area (Å²) >= 11 is 0. The normalized spacial score (nSPS) is 19.8. The van der Waals surface area contributed by atoms with E-state index in [0.29, 0.717) is 64.2 Å². The summed E-state index contributed by atoms with van der Waals surface area (Å²) in [6, 6.07) is 41.5. The minimum atomic E-state index is -4.15. The van der Waals surface area contributed by atoms with Gasteiger partial charge in [0.1, 0.15) is 27.2 Å². The molecule has 0 bridgehead atoms. The number of halogens is 5. The molecule has 20 rings (SSSR count). The number of benzene rings is 8. The fourth-order valence-electron chi connectivity index (χ4n) is 17.8. The summed E-state index contributed by atoms with van der Waals surface area (Å²) in [4.78, 5) is -0.753. The first-order valence-corrected chi connectivity index (χ1v) is 46.8. The van der Waals surface area contributed by atoms with Crippen LogP contribution in [-0.2, 0) is 66.3 Å². The van der Waals surface area contributed by atoms with E-state index in [1.54, 1.807) is 50.9 Å². The van der Waals surface area contributed by atoms with Gasteiger partial charge in [0.05, 0.1) is 81.4 Å². The third-order valence-electron chi connectivity index (χ3n) is 24.1. The second-order valence-electron chi connectivity index (χ2n) is 32.8. The Hall–Kier alpha value is -12.2. The van der Waals surface area contributed by atoms with Gasteiger partial charge >= 0.3 is 0 Å². The fourth-order valence-corrected chi connectivity index (χ4v) is 25.0. The van der Waals surface area contributed by atoms with Crippen molar-refractivity contribution in [1.82, 2.24) is 97.1 Å². The van der Waals surface area contributed by atoms with E-state index in [1.165, 1.54) is 77.9 Å². The van der Waals surface area contributed by atoms with Crippen LogP contribution in [0.1, 0.15) is 58.9 Å². The number of aromatic amines is 4. The van der Waals surface area contributed by atoms with Gasteiger partial charge in [0.15, 0.2) is 11.6 Å². The van der Waals surface area contributed by atoms with E-state index in [9.17, 15) is 55.6 Å². The molecule has 4 N–H and O–H groups in total. The van der Waals surface area contributed by atoms with Crippen molar-refractivity contribution < 1.29 is 55.6 Å². The molecule has 126 heavy (non-hydrogen) atoms. The second kappa shape index (κ2) is 35.3. The van der Waals surface area contributed by atoms with Crippen LogP contribution in [0.2, 0.25) is 0 Å². The highest BCUT2D eigenvalue weighted by Gasteiger charge is 2.44. The quantitative estimate of drug-likeness (QED) is 0.0515. The summed E-state index contributed by atoms with van der Waals surface area (Å²) in [6.45, 7) is 12.8. The molecule has 8 aromatic heterocycles. The van der Waals surface area contributed by atoms with Crippen LogP contribution in [0.5, 0.6) is 0 Å². The number of nitrogens with one attached hydrogen (secondary N) is 4. The molecule has 4 aliphatic heterocycles. The molecule has 0 spiro atoms. The molecule has 0 radical (unpaired) electrons. The van der Waals surface area contributed by atoms with Crippen LogP contribution in [0.25, 0.3) is 88.1 Å². The average Bonchev–Trinajstić information content (AvgIpc) is 1.65. The molecule has 0 saturated carbocycles. The Balaban J connectivity index is 0.000000119. The molecule has 4 aliphatic rings. The van der Waals surface area contributed by atoms with Gasteiger partial charge in [0.2, 0.25) is 40.1 Å². The topological polar surface area (TPSA) is 336 Å². The third-order valence-corrected chi connectivity index (χ3v) is 32.1. The first kappa shape index (κ1) is 85.9. The van der Waals surface area contributed by atoms with Gasteiger partial charge in [0.25, 0.3) is 0 Å². The summed E-state index contributed by atoms with van der Waals surface area (Å²) in [7, 11) is -15.5. The highest BCUT2D eigenvalue weighted by molar-refractivity contribution is 7.90. The lowest BCUT2D eigenvalue weighted by Crippen LogP contribution is -2.35. The number of nitrogens with zero attached hydrogens (tertiary/aromatic N) is 16. The number of hydrogen-bond donors (Lipinski definition) is 4. The highest BCUT2D eigenvalue weighted by Crippen LogP contribution is 2.39. The maximum atomic E-state index is 14.2. The molecule has 4 unspecified atom stereocenters. The SMILES string of the molecule is C[C@@H]1CC(Cn2ncc3cc(-c4cn[nH]c4)ccc32)CN1S(=O)(=O)c1cccc(F)c1.C[C@@H]1CC(Cn2ncc3cc(-c4cn[nH]c4)ccc32)CN1S(=O)(=O)c1cccc(F)c1F.C[C@@H]1CC(Cn2ncc3cc(-c4cn[nH]c4)ccc32)CN1S(=O)(=O)c1ccccc1F.Cc1cc(S(=O)(=O)N2CC(Cn3ncc4cc(-c5cn[nH]c5)ccc43)C[C@H]2C)ccc1F. The Morgan fingerprint density at radius 1 is 0.325 bits per heavy atom. The largest absolute Gasteiger partial charge is 0.285 e. The Labute approximate surface area is 723 Å². The molecule has 0 aliphatic carbocycles. The molecular formula is C89H89F5N20O8S4. The van der Waals surface area contributed by atoms with Crippen molar-refractivity contribution in [3.05, 3.63) is 267 Å². The number of H-pyrrole nitrogens is 4. The van der Waals surface area contributed by atoms with Gasteiger partial charge < -0.3 is 0 Å². The average molecular weight is 1790 g/mol. The van der Waals surface area contributed by atoms with Crippen molar-refractivity contribution in [2.24, 2.45) is 23.7 Å². The van der Waals surface area contributed by atoms with Crippen LogP contribution in [-0.4, -0.2) is 181 Å². The van der Waals surface area contributed by atoms with E-state index < -0.39 is 74.1 Å². The number of fused-ring (bicyclic) bond motifs is 4. The number of rotatable bonds is 20. The van der Waals surface area contributed by atoms with Crippen molar-refractivity contribution in [2.45, 2.75) is 130 Å². The third kappa shape index (κ3) is 17.5. The molecule has 12 heterocycles. The molecular weight excluding hydrogens is 1700 g/mol. The zero-order valence-electron chi connectivity index (χ0n) is 69.0. The Kier molecular flexibility index (Phi) is 24.1. The maximum absolute atomic E-state index is 14.2. The van der Waals surface area contributed by atoms with E-state index in [4.69, 9.17) is 0 Å². The van der Waals surface area contributed by atoms with Gasteiger partial charge in [-0.25, -0.2) is 55.6 Å². The Morgan fingerprint density at radius 3 is 0.992 bits per heavy atom. The highest BCUT2D eigenvalue weighted by atomic mass is 32.2. The van der Waals surface area contributed by atoms with Crippen molar-refractivity contribution in [2.75, 3.05) is 26.2 Å². The first-order valence-electron chi connectivity index (χ1n) is 41.1. The fraction of sp³-hybridized carbons (Fsp3) is 0.281. The zero-order chi connectivity index (χ0) is 88.1. The van der Waals surface area contributed by atoms with Gasteiger partial charge in [0, 0.05) is 145 Å². The van der Waals surface area contributed by atoms with E-state index in [0.717, 1.165) is 119 Å². The van der Waals surface area contributed by atoms with Gasteiger partial charge in [-0.15, -0.1) is 0 Å². The monoisotopic (exact) mass is 1790 g/mol. The minimum absolute atomic E-state index is 0.00341. The Bertz CT molecular complexity index is 7120. The van der Waals surface area contributed by atoms with Crippen molar-refractivity contribution in [3.8, 4) is 44.5 Å². The first-order chi connectivity index (χ1) is 60.5. The standard InChI is InChI=1S/C23H24FN5O2S.C22H21F2N5O2S.2C22H22FN5O2S/c1-15-7-21(4-5-22(15)24)32(30,31)29-14-17(8-16(29)2)13-28-23-6-3-18(9-19(23)12-27-28)20-10-25-26-11-20;1-14-7-15(13-29(14)32(30,31)21-4-2-3-19(23)22(21)24)12-28-20-6-5-16(8-17(20)11-27-28)18-9-25-26-10-18;1-15-7-16(14-28(15)31(29,30)21-4-2-3-20(23)9-21)13-27-22-6-5-17(8-18(22)12-26-27)19-10-24-25-11-19;1-15-8-16(14-28(15)31(29,30)22-5-3-2-4-20(22)23)13-27-21-7-6-17(9-18(21)12-26-27)19-10-24-25-11-19/h3-7,9-12,16-17H,8,13-14H2,1-2H3,(H,25,26);2-6,8-11,14-15H,7,12-13H2,1H3,(H,25,26);2-6,8-12,15-16H,7,13-14H2,1H3,(H,24,25);2-7,9-12,15-16H,8,13-14H2,1H3,(H,24,25)/t16-,17?;14-,15?;2*15-,16?/m1111/s1. The molecule has 4 saturated heterocycles. The van der Waals surface area contributed by atoms with E-state index in [2.05, 4.69) is 79.4 Å². The van der Waals surface area contributed by atoms with Crippen LogP contribution in [0.15, 0.2) is 252 Å². The lowest BCUT2D eigenvalue weighted by molar-refractivity contribution is 0.390. The molecule has 8 atom stereocenters. The van der Waals surface area contributed by atoms with Gasteiger partial charge in [-0.05, 0) is 221 Å². The van der Waals surface area contributed by atoms with Crippen LogP contribution in [0, 0.1) is 59.7 Å². The zero-order valence-corrected chi connectivity index (χ0v) is 72.3. The van der Waals surface area contributed by atoms with E-state index >= 15 is 0 Å². The van der Waals surface area contributed by atoms with Crippen molar-refractivity contribution in [1.29, 1.82) is 0 Å². The molecule has 652 valence electrons. The molecule has 28 nitrogen and oxygen atoms in total. The smallest absolute Gasteiger partial charge is 0.246 e. The predicted octanol–water partition coefficient (Wildman–Crippen LogP) is 15.1. The van der Waals surface area contributed by atoms with Crippen LogP contribution >= 0.6 is 0 Å². The molecule has 16 aromatic rings. The number of aromatic nitrogens is 16. The summed E-state index contributed by atoms with van der Waals surface area (Å²) in [5.74, 6) is -3.85.